The molecular weight excluding hydrogens is 366 g/mol. The van der Waals surface area contributed by atoms with Crippen LogP contribution in [0.3, 0.4) is 0 Å². The summed E-state index contributed by atoms with van der Waals surface area (Å²) in [5, 5.41) is 13.8. The predicted octanol–water partition coefficient (Wildman–Crippen LogP) is 2.79. The van der Waals surface area contributed by atoms with Crippen molar-refractivity contribution in [3.05, 3.63) is 66.0 Å². The molecule has 29 heavy (non-hydrogen) atoms. The summed E-state index contributed by atoms with van der Waals surface area (Å²) in [6, 6.07) is 9.69. The number of aliphatic imine (C=N–C) groups is 1. The second kappa shape index (κ2) is 7.21. The van der Waals surface area contributed by atoms with E-state index in [1.165, 1.54) is 18.5 Å². The molecule has 1 aromatic heterocycles. The Labute approximate surface area is 169 Å². The van der Waals surface area contributed by atoms with Gasteiger partial charge in [0.05, 0.1) is 12.4 Å². The number of nitrogens with one attached hydrogen (secondary N) is 3. The van der Waals surface area contributed by atoms with Crippen molar-refractivity contribution < 1.29 is 4.79 Å². The molecule has 5 rings (SSSR count). The summed E-state index contributed by atoms with van der Waals surface area (Å²) in [6.45, 7) is 3.13. The summed E-state index contributed by atoms with van der Waals surface area (Å²) in [7, 11) is 0. The Morgan fingerprint density at radius 3 is 3.07 bits per heavy atom. The normalized spacial score (nSPS) is 18.3. The molecule has 0 spiro atoms. The number of benzene rings is 1. The lowest BCUT2D eigenvalue weighted by Gasteiger charge is -2.25. The molecule has 147 valence electrons. The first-order chi connectivity index (χ1) is 14.2. The highest BCUT2D eigenvalue weighted by atomic mass is 16.1. The second-order valence-electron chi connectivity index (χ2n) is 7.37. The third kappa shape index (κ3) is 3.54. The zero-order valence-electron chi connectivity index (χ0n) is 16.2. The van der Waals surface area contributed by atoms with Gasteiger partial charge < -0.3 is 10.2 Å². The smallest absolute Gasteiger partial charge is 0.284 e. The van der Waals surface area contributed by atoms with Crippen LogP contribution in [0.1, 0.15) is 41.7 Å². The highest BCUT2D eigenvalue weighted by Crippen LogP contribution is 2.39. The quantitative estimate of drug-likeness (QED) is 0.663. The summed E-state index contributed by atoms with van der Waals surface area (Å²) in [4.78, 5) is 20.8. The van der Waals surface area contributed by atoms with Crippen LogP contribution in [0.4, 0.5) is 11.5 Å². The average molecular weight is 389 g/mol. The largest absolute Gasteiger partial charge is 0.352 e. The summed E-state index contributed by atoms with van der Waals surface area (Å²) >= 11 is 0. The van der Waals surface area contributed by atoms with Crippen LogP contribution in [0.2, 0.25) is 0 Å². The minimum absolute atomic E-state index is 0.0701. The molecule has 2 aromatic rings. The van der Waals surface area contributed by atoms with Crippen LogP contribution < -0.4 is 20.4 Å². The molecule has 1 radical (unpaired) electrons. The zero-order valence-corrected chi connectivity index (χ0v) is 16.2. The molecule has 0 atom stereocenters. The standard InChI is InChI=1S/C21H23N7O/c1-2-22-21(29)15-4-3-5-16(10-15)27-12-19-23-8-9-28(19)20(13-27)24-18-11-17(25-26-18)14-6-7-14/h3-5,8-11,13-14H,2,6-7,12H2,1H3,(H,22,29)(H2,24,25,26)/q+1. The van der Waals surface area contributed by atoms with Gasteiger partial charge in [0.15, 0.2) is 12.0 Å². The minimum Gasteiger partial charge on any atom is -0.352 e. The van der Waals surface area contributed by atoms with Gasteiger partial charge in [-0.3, -0.25) is 15.2 Å². The molecule has 0 saturated heterocycles. The number of aromatic amines is 1. The summed E-state index contributed by atoms with van der Waals surface area (Å²) in [6.07, 6.45) is 8.21. The van der Waals surface area contributed by atoms with Gasteiger partial charge >= 0.3 is 0 Å². The number of hydrogen-bond donors (Lipinski definition) is 3. The molecule has 3 heterocycles. The maximum Gasteiger partial charge on any atom is 0.284 e. The molecule has 0 bridgehead atoms. The van der Waals surface area contributed by atoms with Crippen LogP contribution in [-0.4, -0.2) is 35.0 Å². The first kappa shape index (κ1) is 17.7. The van der Waals surface area contributed by atoms with Gasteiger partial charge in [0.1, 0.15) is 6.54 Å². The van der Waals surface area contributed by atoms with Crippen molar-refractivity contribution in [2.45, 2.75) is 25.7 Å². The summed E-state index contributed by atoms with van der Waals surface area (Å²) < 4.78 is 0. The van der Waals surface area contributed by atoms with Crippen molar-refractivity contribution in [1.82, 2.24) is 20.4 Å². The fourth-order valence-corrected chi connectivity index (χ4v) is 3.56. The van der Waals surface area contributed by atoms with Crippen molar-refractivity contribution in [3.8, 4) is 0 Å². The van der Waals surface area contributed by atoms with Crippen LogP contribution in [0.25, 0.3) is 0 Å². The predicted molar refractivity (Wildman–Crippen MR) is 113 cm³/mol. The number of anilines is 2. The Balaban J connectivity index is 1.42. The van der Waals surface area contributed by atoms with Gasteiger partial charge in [-0.2, -0.15) is 10.1 Å². The Morgan fingerprint density at radius 1 is 1.34 bits per heavy atom. The fourth-order valence-electron chi connectivity index (χ4n) is 3.56. The number of carbonyl (C=O) groups excluding carboxylic acids is 1. The third-order valence-electron chi connectivity index (χ3n) is 5.22. The second-order valence-corrected chi connectivity index (χ2v) is 7.37. The van der Waals surface area contributed by atoms with E-state index in [-0.39, 0.29) is 5.91 Å². The lowest BCUT2D eigenvalue weighted by atomic mass is 10.1. The topological polar surface area (TPSA) is 91.3 Å². The van der Waals surface area contributed by atoms with Crippen LogP contribution in [0.15, 0.2) is 59.7 Å². The van der Waals surface area contributed by atoms with E-state index in [1.807, 2.05) is 48.5 Å². The lowest BCUT2D eigenvalue weighted by molar-refractivity contribution is 0.0956. The molecular formula is C21H23N7O+. The van der Waals surface area contributed by atoms with Gasteiger partial charge in [-0.25, -0.2) is 0 Å². The van der Waals surface area contributed by atoms with Gasteiger partial charge in [0.2, 0.25) is 0 Å². The summed E-state index contributed by atoms with van der Waals surface area (Å²) in [5.41, 5.74) is 2.76. The van der Waals surface area contributed by atoms with Crippen molar-refractivity contribution in [3.63, 3.8) is 0 Å². The average Bonchev–Trinajstić information content (AvgIpc) is 3.29. The van der Waals surface area contributed by atoms with E-state index in [9.17, 15) is 4.79 Å². The number of fused-ring (bicyclic) bond motifs is 1. The first-order valence-corrected chi connectivity index (χ1v) is 9.93. The van der Waals surface area contributed by atoms with Gasteiger partial charge in [0, 0.05) is 35.5 Å². The minimum atomic E-state index is -0.0701. The lowest BCUT2D eigenvalue weighted by Crippen LogP contribution is -2.45. The molecule has 1 aromatic carbocycles. The molecule has 1 aliphatic carbocycles. The van der Waals surface area contributed by atoms with E-state index in [0.717, 1.165) is 23.2 Å². The van der Waals surface area contributed by atoms with Gasteiger partial charge in [-0.1, -0.05) is 6.07 Å². The number of rotatable bonds is 6. The van der Waals surface area contributed by atoms with Crippen LogP contribution in [0, 0.1) is 0 Å². The Morgan fingerprint density at radius 2 is 2.24 bits per heavy atom. The van der Waals surface area contributed by atoms with Crippen molar-refractivity contribution in [1.29, 1.82) is 0 Å². The molecule has 8 heteroatoms. The van der Waals surface area contributed by atoms with E-state index in [1.54, 1.807) is 6.20 Å². The van der Waals surface area contributed by atoms with Crippen LogP contribution in [-0.2, 0) is 0 Å². The molecule has 0 unspecified atom stereocenters. The maximum atomic E-state index is 12.2. The van der Waals surface area contributed by atoms with E-state index in [4.69, 9.17) is 0 Å². The van der Waals surface area contributed by atoms with Crippen LogP contribution in [0.5, 0.6) is 0 Å². The van der Waals surface area contributed by atoms with E-state index < -0.39 is 0 Å². The first-order valence-electron chi connectivity index (χ1n) is 9.93. The number of amidine groups is 1. The SMILES string of the molecule is CCNC(=O)c1cccc(N2C=C(Nc3cc(C4CC4)[nH]n3)[N+]3C=CN=C3C2)c1. The molecule has 8 nitrogen and oxygen atoms in total. The number of carbonyl (C=O) groups is 1. The maximum absolute atomic E-state index is 12.2. The van der Waals surface area contributed by atoms with Crippen molar-refractivity contribution in [2.24, 2.45) is 4.99 Å². The van der Waals surface area contributed by atoms with Crippen LogP contribution >= 0.6 is 0 Å². The highest BCUT2D eigenvalue weighted by molar-refractivity contribution is 5.97. The monoisotopic (exact) mass is 389 g/mol. The zero-order chi connectivity index (χ0) is 19.8. The molecule has 1 saturated carbocycles. The number of aromatic nitrogens is 2. The number of H-pyrrole nitrogens is 1. The molecule has 1 fully saturated rings. The van der Waals surface area contributed by atoms with Crippen molar-refractivity contribution in [2.75, 3.05) is 23.3 Å². The summed E-state index contributed by atoms with van der Waals surface area (Å²) in [5.74, 6) is 3.11. The highest BCUT2D eigenvalue weighted by Gasteiger charge is 2.38. The molecule has 1 amide bonds. The molecule has 3 N–H and O–H groups in total. The third-order valence-corrected chi connectivity index (χ3v) is 5.22. The van der Waals surface area contributed by atoms with E-state index >= 15 is 0 Å². The van der Waals surface area contributed by atoms with Gasteiger partial charge in [0.25, 0.3) is 17.6 Å². The van der Waals surface area contributed by atoms with E-state index in [0.29, 0.717) is 24.6 Å². The van der Waals surface area contributed by atoms with Crippen molar-refractivity contribution >= 4 is 23.2 Å². The van der Waals surface area contributed by atoms with Gasteiger partial charge in [-0.05, 0) is 42.9 Å². The Hall–Kier alpha value is -3.39. The molecule has 2 aliphatic heterocycles. The van der Waals surface area contributed by atoms with Gasteiger partial charge in [-0.15, -0.1) is 0 Å². The number of nitrogens with zero attached hydrogens (tertiary/aromatic N) is 4. The Bertz CT molecular complexity index is 1030. The Kier molecular flexibility index (Phi) is 4.40. The molecule has 3 aliphatic rings. The van der Waals surface area contributed by atoms with E-state index in [2.05, 4.69) is 36.8 Å². The number of amides is 1. The number of hydrogen-bond acceptors (Lipinski definition) is 6. The fraction of sp³-hybridized carbons (Fsp3) is 0.286.